The molecule has 0 N–H and O–H groups in total. The Kier molecular flexibility index (Phi) is 6.48. The molecule has 1 saturated heterocycles. The zero-order valence-corrected chi connectivity index (χ0v) is 19.6. The number of halogens is 1. The fourth-order valence-corrected chi connectivity index (χ4v) is 4.46. The summed E-state index contributed by atoms with van der Waals surface area (Å²) in [5.41, 5.74) is 4.03. The lowest BCUT2D eigenvalue weighted by Gasteiger charge is -2.36. The Bertz CT molecular complexity index is 1300. The predicted molar refractivity (Wildman–Crippen MR) is 134 cm³/mol. The van der Waals surface area contributed by atoms with E-state index in [9.17, 15) is 9.18 Å². The summed E-state index contributed by atoms with van der Waals surface area (Å²) in [7, 11) is 1.62. The Balaban J connectivity index is 1.41. The number of methoxy groups -OCH3 is 1. The maximum absolute atomic E-state index is 13.7. The molecule has 5 rings (SSSR count). The van der Waals surface area contributed by atoms with Crippen LogP contribution in [0.4, 0.5) is 10.1 Å². The number of carbonyl (C=O) groups is 1. The van der Waals surface area contributed by atoms with Crippen LogP contribution in [0.3, 0.4) is 0 Å². The third kappa shape index (κ3) is 4.89. The molecule has 1 aliphatic rings. The van der Waals surface area contributed by atoms with Gasteiger partial charge < -0.3 is 14.5 Å². The quantitative estimate of drug-likeness (QED) is 0.410. The summed E-state index contributed by atoms with van der Waals surface area (Å²) in [4.78, 5) is 17.7. The SMILES string of the molecule is COc1ccccc1-c1nn(Cc2ccccc2)cc1C(=O)N1CCN(c2ccc(F)cc2)CC1. The first kappa shape index (κ1) is 22.7. The van der Waals surface area contributed by atoms with Crippen LogP contribution in [0.1, 0.15) is 15.9 Å². The molecule has 0 unspecified atom stereocenters. The van der Waals surface area contributed by atoms with Gasteiger partial charge in [0.25, 0.3) is 5.91 Å². The second kappa shape index (κ2) is 10.0. The molecule has 4 aromatic rings. The Morgan fingerprint density at radius 3 is 2.31 bits per heavy atom. The van der Waals surface area contributed by atoms with E-state index in [-0.39, 0.29) is 11.7 Å². The highest BCUT2D eigenvalue weighted by molar-refractivity contribution is 6.00. The Labute approximate surface area is 204 Å². The number of ether oxygens (including phenoxy) is 1. The van der Waals surface area contributed by atoms with E-state index < -0.39 is 0 Å². The van der Waals surface area contributed by atoms with Crippen molar-refractivity contribution in [1.82, 2.24) is 14.7 Å². The maximum atomic E-state index is 13.7. The van der Waals surface area contributed by atoms with Crippen molar-refractivity contribution >= 4 is 11.6 Å². The number of carbonyl (C=O) groups excluding carboxylic acids is 1. The minimum absolute atomic E-state index is 0.0519. The van der Waals surface area contributed by atoms with Crippen LogP contribution in [0.2, 0.25) is 0 Å². The standard InChI is InChI=1S/C28H27FN4O2/c1-35-26-10-6-5-9-24(26)27-25(20-33(30-27)19-21-7-3-2-4-8-21)28(34)32-17-15-31(16-18-32)23-13-11-22(29)12-14-23/h2-14,20H,15-19H2,1H3. The highest BCUT2D eigenvalue weighted by Gasteiger charge is 2.27. The molecule has 178 valence electrons. The van der Waals surface area contributed by atoms with E-state index in [1.807, 2.05) is 70.4 Å². The summed E-state index contributed by atoms with van der Waals surface area (Å²) < 4.78 is 20.7. The van der Waals surface area contributed by atoms with E-state index in [2.05, 4.69) is 4.90 Å². The second-order valence-electron chi connectivity index (χ2n) is 8.53. The van der Waals surface area contributed by atoms with Gasteiger partial charge in [-0.3, -0.25) is 9.48 Å². The van der Waals surface area contributed by atoms with Crippen LogP contribution in [0, 0.1) is 5.82 Å². The Morgan fingerprint density at radius 1 is 0.914 bits per heavy atom. The summed E-state index contributed by atoms with van der Waals surface area (Å²) in [5.74, 6) is 0.371. The highest BCUT2D eigenvalue weighted by atomic mass is 19.1. The first-order chi connectivity index (χ1) is 17.1. The summed E-state index contributed by atoms with van der Waals surface area (Å²) in [6.07, 6.45) is 1.84. The summed E-state index contributed by atoms with van der Waals surface area (Å²) in [6.45, 7) is 3.07. The van der Waals surface area contributed by atoms with Crippen LogP contribution in [-0.4, -0.2) is 53.9 Å². The summed E-state index contributed by atoms with van der Waals surface area (Å²) >= 11 is 0. The van der Waals surface area contributed by atoms with Gasteiger partial charge in [0.2, 0.25) is 0 Å². The number of piperazine rings is 1. The van der Waals surface area contributed by atoms with Crippen molar-refractivity contribution in [2.45, 2.75) is 6.54 Å². The van der Waals surface area contributed by atoms with Gasteiger partial charge in [-0.1, -0.05) is 42.5 Å². The molecule has 0 aliphatic carbocycles. The average Bonchev–Trinajstić information content (AvgIpc) is 3.33. The van der Waals surface area contributed by atoms with Gasteiger partial charge in [-0.15, -0.1) is 0 Å². The first-order valence-electron chi connectivity index (χ1n) is 11.7. The van der Waals surface area contributed by atoms with Gasteiger partial charge in [-0.2, -0.15) is 5.10 Å². The highest BCUT2D eigenvalue weighted by Crippen LogP contribution is 2.32. The smallest absolute Gasteiger partial charge is 0.257 e. The van der Waals surface area contributed by atoms with Crippen LogP contribution in [0.25, 0.3) is 11.3 Å². The van der Waals surface area contributed by atoms with Crippen molar-refractivity contribution < 1.29 is 13.9 Å². The van der Waals surface area contributed by atoms with E-state index in [4.69, 9.17) is 9.84 Å². The maximum Gasteiger partial charge on any atom is 0.257 e. The molecule has 1 fully saturated rings. The molecule has 0 spiro atoms. The van der Waals surface area contributed by atoms with Crippen LogP contribution in [0.15, 0.2) is 85.1 Å². The molecule has 0 saturated carbocycles. The third-order valence-electron chi connectivity index (χ3n) is 6.30. The number of benzene rings is 3. The van der Waals surface area contributed by atoms with Gasteiger partial charge in [0.05, 0.1) is 19.2 Å². The first-order valence-corrected chi connectivity index (χ1v) is 11.7. The van der Waals surface area contributed by atoms with Crippen LogP contribution < -0.4 is 9.64 Å². The average molecular weight is 471 g/mol. The number of aromatic nitrogens is 2. The number of hydrogen-bond donors (Lipinski definition) is 0. The lowest BCUT2D eigenvalue weighted by atomic mass is 10.1. The van der Waals surface area contributed by atoms with Crippen LogP contribution in [0.5, 0.6) is 5.75 Å². The van der Waals surface area contributed by atoms with Crippen molar-refractivity contribution in [2.24, 2.45) is 0 Å². The van der Waals surface area contributed by atoms with Crippen molar-refractivity contribution in [2.75, 3.05) is 38.2 Å². The Morgan fingerprint density at radius 2 is 1.60 bits per heavy atom. The fraction of sp³-hybridized carbons (Fsp3) is 0.214. The molecule has 1 aromatic heterocycles. The fourth-order valence-electron chi connectivity index (χ4n) is 4.46. The number of para-hydroxylation sites is 1. The zero-order valence-electron chi connectivity index (χ0n) is 19.6. The lowest BCUT2D eigenvalue weighted by molar-refractivity contribution is 0.0747. The van der Waals surface area contributed by atoms with Crippen molar-refractivity contribution in [3.63, 3.8) is 0 Å². The van der Waals surface area contributed by atoms with Crippen molar-refractivity contribution in [3.05, 3.63) is 102 Å². The van der Waals surface area contributed by atoms with Crippen molar-refractivity contribution in [1.29, 1.82) is 0 Å². The molecule has 0 atom stereocenters. The minimum atomic E-state index is -0.251. The minimum Gasteiger partial charge on any atom is -0.496 e. The van der Waals surface area contributed by atoms with Gasteiger partial charge in [0.1, 0.15) is 17.3 Å². The van der Waals surface area contributed by atoms with Gasteiger partial charge >= 0.3 is 0 Å². The van der Waals surface area contributed by atoms with E-state index in [1.165, 1.54) is 12.1 Å². The molecule has 2 heterocycles. The molecule has 35 heavy (non-hydrogen) atoms. The molecule has 1 amide bonds. The molecule has 0 radical (unpaired) electrons. The second-order valence-corrected chi connectivity index (χ2v) is 8.53. The number of amides is 1. The number of anilines is 1. The van der Waals surface area contributed by atoms with E-state index in [1.54, 1.807) is 19.2 Å². The molecule has 1 aliphatic heterocycles. The monoisotopic (exact) mass is 470 g/mol. The van der Waals surface area contributed by atoms with Gasteiger partial charge in [-0.25, -0.2) is 4.39 Å². The van der Waals surface area contributed by atoms with Gasteiger partial charge in [0.15, 0.2) is 0 Å². The van der Waals surface area contributed by atoms with Gasteiger partial charge in [0, 0.05) is 43.6 Å². The topological polar surface area (TPSA) is 50.6 Å². The van der Waals surface area contributed by atoms with E-state index in [0.29, 0.717) is 49.7 Å². The number of hydrogen-bond acceptors (Lipinski definition) is 4. The third-order valence-corrected chi connectivity index (χ3v) is 6.30. The zero-order chi connectivity index (χ0) is 24.2. The van der Waals surface area contributed by atoms with Crippen LogP contribution in [-0.2, 0) is 6.54 Å². The Hall–Kier alpha value is -4.13. The summed E-state index contributed by atoms with van der Waals surface area (Å²) in [5, 5.41) is 4.81. The molecule has 6 nitrogen and oxygen atoms in total. The molecule has 0 bridgehead atoms. The van der Waals surface area contributed by atoms with E-state index >= 15 is 0 Å². The normalized spacial score (nSPS) is 13.7. The van der Waals surface area contributed by atoms with Gasteiger partial charge in [-0.05, 0) is 42.0 Å². The molecule has 3 aromatic carbocycles. The van der Waals surface area contributed by atoms with Crippen LogP contribution >= 0.6 is 0 Å². The van der Waals surface area contributed by atoms with E-state index in [0.717, 1.165) is 16.8 Å². The predicted octanol–water partition coefficient (Wildman–Crippen LogP) is 4.71. The number of nitrogens with zero attached hydrogens (tertiary/aromatic N) is 4. The largest absolute Gasteiger partial charge is 0.496 e. The molecular formula is C28H27FN4O2. The molecule has 7 heteroatoms. The lowest BCUT2D eigenvalue weighted by Crippen LogP contribution is -2.48. The molecular weight excluding hydrogens is 443 g/mol. The number of rotatable bonds is 6. The van der Waals surface area contributed by atoms with Crippen molar-refractivity contribution in [3.8, 4) is 17.0 Å². The summed E-state index contributed by atoms with van der Waals surface area (Å²) in [6, 6.07) is 24.2.